The summed E-state index contributed by atoms with van der Waals surface area (Å²) in [6, 6.07) is 7.66. The fourth-order valence-electron chi connectivity index (χ4n) is 2.06. The van der Waals surface area contributed by atoms with Crippen molar-refractivity contribution in [2.45, 2.75) is 39.3 Å². The summed E-state index contributed by atoms with van der Waals surface area (Å²) in [6.07, 6.45) is 4.79. The summed E-state index contributed by atoms with van der Waals surface area (Å²) in [6.45, 7) is 5.66. The van der Waals surface area contributed by atoms with E-state index in [0.717, 1.165) is 29.8 Å². The number of hydrogen-bond acceptors (Lipinski definition) is 3. The van der Waals surface area contributed by atoms with Gasteiger partial charge in [-0.3, -0.25) is 4.68 Å². The van der Waals surface area contributed by atoms with Crippen molar-refractivity contribution in [1.82, 2.24) is 9.78 Å². The van der Waals surface area contributed by atoms with E-state index in [9.17, 15) is 5.11 Å². The second kappa shape index (κ2) is 7.10. The molecule has 0 radical (unpaired) electrons. The number of rotatable bonds is 7. The average molecular weight is 274 g/mol. The Labute approximate surface area is 120 Å². The summed E-state index contributed by atoms with van der Waals surface area (Å²) in [5.41, 5.74) is 1.92. The number of aliphatic hydroxyl groups excluding tert-OH is 1. The second-order valence-corrected chi connectivity index (χ2v) is 4.85. The normalized spacial score (nSPS) is 12.3. The van der Waals surface area contributed by atoms with E-state index in [1.807, 2.05) is 48.3 Å². The van der Waals surface area contributed by atoms with E-state index in [1.54, 1.807) is 0 Å². The summed E-state index contributed by atoms with van der Waals surface area (Å²) in [5, 5.41) is 14.5. The molecule has 0 fully saturated rings. The molecule has 0 aliphatic rings. The minimum absolute atomic E-state index is 0.533. The minimum Gasteiger partial charge on any atom is -0.494 e. The van der Waals surface area contributed by atoms with Crippen LogP contribution in [0.2, 0.25) is 0 Å². The Balaban J connectivity index is 2.02. The van der Waals surface area contributed by atoms with E-state index in [4.69, 9.17) is 4.74 Å². The van der Waals surface area contributed by atoms with Crippen molar-refractivity contribution >= 4 is 0 Å². The van der Waals surface area contributed by atoms with Gasteiger partial charge in [-0.25, -0.2) is 0 Å². The van der Waals surface area contributed by atoms with Gasteiger partial charge in [0, 0.05) is 19.2 Å². The number of hydrogen-bond donors (Lipinski definition) is 1. The third-order valence-corrected chi connectivity index (χ3v) is 3.16. The summed E-state index contributed by atoms with van der Waals surface area (Å²) < 4.78 is 7.45. The average Bonchev–Trinajstić information content (AvgIpc) is 2.93. The molecule has 1 aromatic carbocycles. The van der Waals surface area contributed by atoms with Crippen molar-refractivity contribution in [3.63, 3.8) is 0 Å². The van der Waals surface area contributed by atoms with Crippen LogP contribution in [-0.2, 0) is 13.0 Å². The topological polar surface area (TPSA) is 47.3 Å². The highest BCUT2D eigenvalue weighted by Crippen LogP contribution is 2.22. The Morgan fingerprint density at radius 2 is 2.20 bits per heavy atom. The third kappa shape index (κ3) is 3.84. The lowest BCUT2D eigenvalue weighted by Crippen LogP contribution is -2.02. The summed E-state index contributed by atoms with van der Waals surface area (Å²) >= 11 is 0. The molecular weight excluding hydrogens is 252 g/mol. The van der Waals surface area contributed by atoms with Crippen molar-refractivity contribution in [2.24, 2.45) is 0 Å². The molecule has 20 heavy (non-hydrogen) atoms. The van der Waals surface area contributed by atoms with Gasteiger partial charge in [0.05, 0.1) is 18.9 Å². The lowest BCUT2D eigenvalue weighted by Gasteiger charge is -2.12. The number of aliphatic hydroxyl groups is 1. The van der Waals surface area contributed by atoms with E-state index >= 15 is 0 Å². The van der Waals surface area contributed by atoms with Crippen LogP contribution in [0.3, 0.4) is 0 Å². The third-order valence-electron chi connectivity index (χ3n) is 3.16. The molecule has 108 valence electrons. The van der Waals surface area contributed by atoms with Crippen LogP contribution in [0.25, 0.3) is 0 Å². The first kappa shape index (κ1) is 14.6. The maximum Gasteiger partial charge on any atom is 0.119 e. The van der Waals surface area contributed by atoms with Crippen molar-refractivity contribution in [2.75, 3.05) is 6.61 Å². The smallest absolute Gasteiger partial charge is 0.119 e. The number of aryl methyl sites for hydroxylation is 1. The molecule has 2 rings (SSSR count). The molecule has 1 aromatic heterocycles. The molecule has 0 saturated heterocycles. The lowest BCUT2D eigenvalue weighted by molar-refractivity contribution is 0.178. The zero-order valence-electron chi connectivity index (χ0n) is 12.1. The van der Waals surface area contributed by atoms with Crippen molar-refractivity contribution < 1.29 is 9.84 Å². The van der Waals surface area contributed by atoms with Crippen LogP contribution in [0.4, 0.5) is 0 Å². The first-order chi connectivity index (χ1) is 9.72. The molecule has 0 spiro atoms. The number of benzene rings is 1. The number of nitrogens with zero attached hydrogens (tertiary/aromatic N) is 2. The van der Waals surface area contributed by atoms with Crippen LogP contribution < -0.4 is 4.74 Å². The molecule has 1 N–H and O–H groups in total. The Hall–Kier alpha value is -1.81. The van der Waals surface area contributed by atoms with Gasteiger partial charge in [-0.05, 0) is 36.6 Å². The maximum absolute atomic E-state index is 10.3. The van der Waals surface area contributed by atoms with Gasteiger partial charge < -0.3 is 9.84 Å². The van der Waals surface area contributed by atoms with Gasteiger partial charge in [-0.1, -0.05) is 19.1 Å². The van der Waals surface area contributed by atoms with E-state index in [-0.39, 0.29) is 0 Å². The summed E-state index contributed by atoms with van der Waals surface area (Å²) in [7, 11) is 0. The highest BCUT2D eigenvalue weighted by molar-refractivity contribution is 5.30. The van der Waals surface area contributed by atoms with Gasteiger partial charge in [0.25, 0.3) is 0 Å². The Kier molecular flexibility index (Phi) is 5.18. The first-order valence-corrected chi connectivity index (χ1v) is 7.15. The summed E-state index contributed by atoms with van der Waals surface area (Å²) in [5.74, 6) is 0.813. The predicted octanol–water partition coefficient (Wildman–Crippen LogP) is 2.97. The van der Waals surface area contributed by atoms with Gasteiger partial charge in [-0.2, -0.15) is 5.10 Å². The van der Waals surface area contributed by atoms with Gasteiger partial charge in [0.2, 0.25) is 0 Å². The second-order valence-electron chi connectivity index (χ2n) is 4.85. The van der Waals surface area contributed by atoms with Crippen molar-refractivity contribution in [3.05, 3.63) is 47.8 Å². The highest BCUT2D eigenvalue weighted by atomic mass is 16.5. The molecule has 1 atom stereocenters. The molecule has 2 aromatic rings. The van der Waals surface area contributed by atoms with Gasteiger partial charge in [0.15, 0.2) is 0 Å². The zero-order chi connectivity index (χ0) is 14.4. The van der Waals surface area contributed by atoms with E-state index in [2.05, 4.69) is 12.0 Å². The first-order valence-electron chi connectivity index (χ1n) is 7.15. The molecule has 0 saturated carbocycles. The van der Waals surface area contributed by atoms with Crippen molar-refractivity contribution in [1.29, 1.82) is 0 Å². The Morgan fingerprint density at radius 1 is 1.35 bits per heavy atom. The number of ether oxygens (including phenoxy) is 1. The van der Waals surface area contributed by atoms with E-state index in [1.165, 1.54) is 0 Å². The monoisotopic (exact) mass is 274 g/mol. The molecule has 4 nitrogen and oxygen atoms in total. The largest absolute Gasteiger partial charge is 0.494 e. The molecule has 0 aliphatic heterocycles. The lowest BCUT2D eigenvalue weighted by atomic mass is 10.0. The SMILES string of the molecule is CCCOc1cccc(C(O)Cc2cnn(CC)c2)c1. The van der Waals surface area contributed by atoms with Gasteiger partial charge in [0.1, 0.15) is 5.75 Å². The Morgan fingerprint density at radius 3 is 2.90 bits per heavy atom. The highest BCUT2D eigenvalue weighted by Gasteiger charge is 2.11. The molecule has 0 bridgehead atoms. The molecule has 4 heteroatoms. The molecule has 0 aliphatic carbocycles. The summed E-state index contributed by atoms with van der Waals surface area (Å²) in [4.78, 5) is 0. The van der Waals surface area contributed by atoms with Crippen molar-refractivity contribution in [3.8, 4) is 5.75 Å². The van der Waals surface area contributed by atoms with E-state index < -0.39 is 6.10 Å². The quantitative estimate of drug-likeness (QED) is 0.844. The molecule has 0 amide bonds. The Bertz CT molecular complexity index is 537. The van der Waals surface area contributed by atoms with Crippen LogP contribution in [0.1, 0.15) is 37.5 Å². The standard InChI is InChI=1S/C16H22N2O2/c1-3-8-20-15-7-5-6-14(10-15)16(19)9-13-11-17-18(4-2)12-13/h5-7,10-12,16,19H,3-4,8-9H2,1-2H3. The van der Waals surface area contributed by atoms with Crippen LogP contribution >= 0.6 is 0 Å². The molecule has 1 heterocycles. The fourth-order valence-corrected chi connectivity index (χ4v) is 2.06. The molecular formula is C16H22N2O2. The van der Waals surface area contributed by atoms with E-state index in [0.29, 0.717) is 13.0 Å². The van der Waals surface area contributed by atoms with Crippen LogP contribution in [0.15, 0.2) is 36.7 Å². The van der Waals surface area contributed by atoms with Gasteiger partial charge >= 0.3 is 0 Å². The van der Waals surface area contributed by atoms with Crippen LogP contribution in [0, 0.1) is 0 Å². The fraction of sp³-hybridized carbons (Fsp3) is 0.438. The zero-order valence-corrected chi connectivity index (χ0v) is 12.1. The number of aromatic nitrogens is 2. The predicted molar refractivity (Wildman–Crippen MR) is 78.8 cm³/mol. The van der Waals surface area contributed by atoms with Crippen LogP contribution in [0.5, 0.6) is 5.75 Å². The minimum atomic E-state index is -0.533. The van der Waals surface area contributed by atoms with Crippen LogP contribution in [-0.4, -0.2) is 21.5 Å². The maximum atomic E-state index is 10.3. The van der Waals surface area contributed by atoms with Gasteiger partial charge in [-0.15, -0.1) is 0 Å². The molecule has 1 unspecified atom stereocenters.